The second kappa shape index (κ2) is 12.0. The van der Waals surface area contributed by atoms with Gasteiger partial charge in [-0.2, -0.15) is 0 Å². The van der Waals surface area contributed by atoms with E-state index < -0.39 is 5.60 Å². The van der Waals surface area contributed by atoms with E-state index in [1.807, 2.05) is 56.8 Å². The van der Waals surface area contributed by atoms with Crippen LogP contribution >= 0.6 is 0 Å². The molecule has 2 aliphatic rings. The summed E-state index contributed by atoms with van der Waals surface area (Å²) in [5, 5.41) is 0. The Morgan fingerprint density at radius 1 is 1.05 bits per heavy atom. The van der Waals surface area contributed by atoms with Crippen LogP contribution in [0.5, 0.6) is 5.75 Å². The van der Waals surface area contributed by atoms with Gasteiger partial charge in [0, 0.05) is 13.1 Å². The van der Waals surface area contributed by atoms with Crippen LogP contribution in [0.25, 0.3) is 11.0 Å². The summed E-state index contributed by atoms with van der Waals surface area (Å²) in [6.07, 6.45) is 6.84. The van der Waals surface area contributed by atoms with Crippen LogP contribution in [-0.2, 0) is 27.3 Å². The Morgan fingerprint density at radius 2 is 1.89 bits per heavy atom. The molecule has 0 aliphatic carbocycles. The van der Waals surface area contributed by atoms with Gasteiger partial charge in [0.1, 0.15) is 18.9 Å². The van der Waals surface area contributed by atoms with Crippen LogP contribution in [0.3, 0.4) is 0 Å². The molecule has 8 heteroatoms. The Hall–Kier alpha value is -3.39. The fraction of sp³-hybridized carbons (Fsp3) is 0.500. The SMILES string of the molecule is CCCCN1CCOc2ccccc2CCCCC2(CN(C(=O)Cn3cnc4ccccc43)CCO2)C1=O. The Kier molecular flexibility index (Phi) is 8.27. The molecule has 1 fully saturated rings. The highest BCUT2D eigenvalue weighted by Crippen LogP contribution is 2.30. The van der Waals surface area contributed by atoms with E-state index in [9.17, 15) is 9.59 Å². The van der Waals surface area contributed by atoms with Gasteiger partial charge in [0.25, 0.3) is 5.91 Å². The first-order valence-electron chi connectivity index (χ1n) is 13.9. The quantitative estimate of drug-likeness (QED) is 0.509. The highest BCUT2D eigenvalue weighted by atomic mass is 16.5. The third-order valence-electron chi connectivity index (χ3n) is 7.70. The van der Waals surface area contributed by atoms with Crippen LogP contribution in [0.15, 0.2) is 54.9 Å². The number of benzene rings is 2. The molecule has 1 saturated heterocycles. The predicted molar refractivity (Wildman–Crippen MR) is 146 cm³/mol. The van der Waals surface area contributed by atoms with Crippen LogP contribution in [-0.4, -0.2) is 76.2 Å². The number of hydrogen-bond acceptors (Lipinski definition) is 5. The molecule has 1 aromatic heterocycles. The van der Waals surface area contributed by atoms with Crippen LogP contribution in [0, 0.1) is 0 Å². The van der Waals surface area contributed by atoms with Crippen LogP contribution < -0.4 is 4.74 Å². The molecule has 1 unspecified atom stereocenters. The minimum absolute atomic E-state index is 0.0195. The average Bonchev–Trinajstić information content (AvgIpc) is 3.35. The van der Waals surface area contributed by atoms with E-state index in [4.69, 9.17) is 9.47 Å². The van der Waals surface area contributed by atoms with Crippen LogP contribution in [0.2, 0.25) is 0 Å². The lowest BCUT2D eigenvalue weighted by molar-refractivity contribution is -0.177. The van der Waals surface area contributed by atoms with Crippen LogP contribution in [0.1, 0.15) is 44.6 Å². The molecule has 2 aliphatic heterocycles. The summed E-state index contributed by atoms with van der Waals surface area (Å²) in [7, 11) is 0. The maximum atomic E-state index is 14.1. The number of carbonyl (C=O) groups is 2. The van der Waals surface area contributed by atoms with Crippen molar-refractivity contribution >= 4 is 22.8 Å². The number of aromatic nitrogens is 2. The van der Waals surface area contributed by atoms with Gasteiger partial charge in [-0.15, -0.1) is 0 Å². The summed E-state index contributed by atoms with van der Waals surface area (Å²) in [4.78, 5) is 35.8. The summed E-state index contributed by atoms with van der Waals surface area (Å²) in [5.74, 6) is 0.865. The lowest BCUT2D eigenvalue weighted by Crippen LogP contribution is -2.62. The average molecular weight is 519 g/mol. The topological polar surface area (TPSA) is 76.9 Å². The van der Waals surface area contributed by atoms with Gasteiger partial charge in [0.15, 0.2) is 5.60 Å². The smallest absolute Gasteiger partial charge is 0.256 e. The number of nitrogens with zero attached hydrogens (tertiary/aromatic N) is 4. The normalized spacial score (nSPS) is 21.0. The number of unbranched alkanes of at least 4 members (excludes halogenated alkanes) is 1. The molecule has 0 bridgehead atoms. The fourth-order valence-corrected chi connectivity index (χ4v) is 5.56. The van der Waals surface area contributed by atoms with E-state index >= 15 is 0 Å². The maximum Gasteiger partial charge on any atom is 0.256 e. The largest absolute Gasteiger partial charge is 0.491 e. The van der Waals surface area contributed by atoms with Crippen molar-refractivity contribution in [1.29, 1.82) is 0 Å². The number of ether oxygens (including phenoxy) is 2. The van der Waals surface area contributed by atoms with E-state index in [0.29, 0.717) is 39.3 Å². The minimum Gasteiger partial charge on any atom is -0.491 e. The van der Waals surface area contributed by atoms with Gasteiger partial charge in [-0.1, -0.05) is 43.7 Å². The third-order valence-corrected chi connectivity index (χ3v) is 7.70. The molecule has 3 aromatic rings. The molecule has 2 aromatic carbocycles. The molecule has 0 saturated carbocycles. The van der Waals surface area contributed by atoms with Gasteiger partial charge >= 0.3 is 0 Å². The Labute approximate surface area is 224 Å². The Morgan fingerprint density at radius 3 is 2.79 bits per heavy atom. The van der Waals surface area contributed by atoms with E-state index in [0.717, 1.165) is 48.9 Å². The Bertz CT molecular complexity index is 1260. The highest BCUT2D eigenvalue weighted by Gasteiger charge is 2.46. The zero-order valence-corrected chi connectivity index (χ0v) is 22.3. The summed E-state index contributed by atoms with van der Waals surface area (Å²) >= 11 is 0. The lowest BCUT2D eigenvalue weighted by Gasteiger charge is -2.44. The number of aryl methyl sites for hydroxylation is 1. The summed E-state index contributed by atoms with van der Waals surface area (Å²) in [6.45, 7) is 4.99. The lowest BCUT2D eigenvalue weighted by atomic mass is 9.90. The molecule has 0 N–H and O–H groups in total. The van der Waals surface area contributed by atoms with Gasteiger partial charge in [-0.3, -0.25) is 9.59 Å². The number of fused-ring (bicyclic) bond motifs is 2. The van der Waals surface area contributed by atoms with Gasteiger partial charge in [-0.25, -0.2) is 4.98 Å². The molecule has 5 rings (SSSR count). The maximum absolute atomic E-state index is 14.1. The van der Waals surface area contributed by atoms with E-state index in [-0.39, 0.29) is 24.9 Å². The Balaban J connectivity index is 1.36. The van der Waals surface area contributed by atoms with Crippen molar-refractivity contribution in [2.24, 2.45) is 0 Å². The zero-order valence-electron chi connectivity index (χ0n) is 22.3. The van der Waals surface area contributed by atoms with Crippen molar-refractivity contribution < 1.29 is 19.1 Å². The van der Waals surface area contributed by atoms with Crippen molar-refractivity contribution in [3.63, 3.8) is 0 Å². The first-order valence-corrected chi connectivity index (χ1v) is 13.9. The molecule has 202 valence electrons. The van der Waals surface area contributed by atoms with Crippen LogP contribution in [0.4, 0.5) is 0 Å². The number of amides is 2. The zero-order chi connectivity index (χ0) is 26.4. The number of imidazole rings is 1. The molecule has 1 atom stereocenters. The molecule has 38 heavy (non-hydrogen) atoms. The molecule has 8 nitrogen and oxygen atoms in total. The second-order valence-electron chi connectivity index (χ2n) is 10.3. The van der Waals surface area contributed by atoms with Crippen molar-refractivity contribution in [1.82, 2.24) is 19.4 Å². The number of para-hydroxylation sites is 3. The fourth-order valence-electron chi connectivity index (χ4n) is 5.56. The second-order valence-corrected chi connectivity index (χ2v) is 10.3. The predicted octanol–water partition coefficient (Wildman–Crippen LogP) is 4.07. The van der Waals surface area contributed by atoms with Gasteiger partial charge in [0.05, 0.1) is 37.1 Å². The van der Waals surface area contributed by atoms with E-state index in [2.05, 4.69) is 18.0 Å². The monoisotopic (exact) mass is 518 g/mol. The van der Waals surface area contributed by atoms with Gasteiger partial charge < -0.3 is 23.8 Å². The summed E-state index contributed by atoms with van der Waals surface area (Å²) in [6, 6.07) is 16.0. The van der Waals surface area contributed by atoms with E-state index in [1.165, 1.54) is 5.56 Å². The van der Waals surface area contributed by atoms with Crippen molar-refractivity contribution in [3.05, 3.63) is 60.4 Å². The number of carbonyl (C=O) groups excluding carboxylic acids is 2. The number of rotatable bonds is 5. The molecule has 3 heterocycles. The minimum atomic E-state index is -1.03. The number of hydrogen-bond donors (Lipinski definition) is 0. The first-order chi connectivity index (χ1) is 18.6. The number of morpholine rings is 1. The van der Waals surface area contributed by atoms with Crippen molar-refractivity contribution in [3.8, 4) is 5.75 Å². The third kappa shape index (κ3) is 5.70. The van der Waals surface area contributed by atoms with Crippen molar-refractivity contribution in [2.45, 2.75) is 57.6 Å². The molecule has 2 amide bonds. The highest BCUT2D eigenvalue weighted by molar-refractivity contribution is 5.87. The summed E-state index contributed by atoms with van der Waals surface area (Å²) in [5.41, 5.74) is 1.96. The molecule has 0 radical (unpaired) electrons. The summed E-state index contributed by atoms with van der Waals surface area (Å²) < 4.78 is 14.4. The van der Waals surface area contributed by atoms with Crippen molar-refractivity contribution in [2.75, 3.05) is 39.4 Å². The van der Waals surface area contributed by atoms with Gasteiger partial charge in [-0.05, 0) is 55.9 Å². The van der Waals surface area contributed by atoms with E-state index in [1.54, 1.807) is 6.33 Å². The standard InChI is InChI=1S/C30H38N4O4/c1-2-3-16-32-17-19-37-27-14-7-4-10-24(27)11-8-9-15-30(29(32)36)22-33(18-20-38-30)28(35)21-34-23-31-25-12-5-6-13-26(25)34/h4-7,10,12-14,23H,2-3,8-9,11,15-22H2,1H3. The molecular weight excluding hydrogens is 480 g/mol. The van der Waals surface area contributed by atoms with Gasteiger partial charge in [0.2, 0.25) is 5.91 Å². The molecular formula is C30H38N4O4. The molecule has 1 spiro atoms. The first kappa shape index (κ1) is 26.2.